The van der Waals surface area contributed by atoms with E-state index in [1.165, 1.54) is 42.6 Å². The first kappa shape index (κ1) is 23.8. The van der Waals surface area contributed by atoms with Crippen LogP contribution in [0.1, 0.15) is 0 Å². The molecule has 0 aliphatic carbocycles. The number of rotatable bonds is 6. The summed E-state index contributed by atoms with van der Waals surface area (Å²) in [6, 6.07) is 58.2. The Hall–Kier alpha value is -3.56. The lowest BCUT2D eigenvalue weighted by atomic mass is 10.1. The highest BCUT2D eigenvalue weighted by atomic mass is 31.2. The molecule has 6 aromatic carbocycles. The Morgan fingerprint density at radius 2 is 0.865 bits per heavy atom. The fourth-order valence-corrected chi connectivity index (χ4v) is 11.4. The Bertz CT molecular complexity index is 1530. The van der Waals surface area contributed by atoms with Crippen molar-refractivity contribution in [2.75, 3.05) is 6.66 Å². The van der Waals surface area contributed by atoms with E-state index in [0.717, 1.165) is 0 Å². The SMILES string of the molecule is C[P+](c1ccccc1)(c1ccccc1)c1cccc2cccc(P(c3ccccc3)c3ccccc3)c12. The van der Waals surface area contributed by atoms with Crippen LogP contribution in [0.4, 0.5) is 0 Å². The van der Waals surface area contributed by atoms with Crippen LogP contribution in [0.2, 0.25) is 0 Å². The summed E-state index contributed by atoms with van der Waals surface area (Å²) in [5.41, 5.74) is 0. The minimum absolute atomic E-state index is 0.729. The quantitative estimate of drug-likeness (QED) is 0.223. The van der Waals surface area contributed by atoms with E-state index >= 15 is 0 Å². The molecule has 6 rings (SSSR count). The van der Waals surface area contributed by atoms with Gasteiger partial charge in [0.15, 0.2) is 0 Å². The van der Waals surface area contributed by atoms with E-state index in [1.54, 1.807) is 0 Å². The van der Waals surface area contributed by atoms with Crippen LogP contribution in [-0.2, 0) is 0 Å². The Labute approximate surface area is 221 Å². The van der Waals surface area contributed by atoms with Crippen molar-refractivity contribution in [1.29, 1.82) is 0 Å². The number of benzene rings is 6. The van der Waals surface area contributed by atoms with Crippen LogP contribution < -0.4 is 31.8 Å². The highest BCUT2D eigenvalue weighted by Gasteiger charge is 2.42. The minimum Gasteiger partial charge on any atom is -0.0622 e. The van der Waals surface area contributed by atoms with E-state index < -0.39 is 15.2 Å². The third-order valence-electron chi connectivity index (χ3n) is 7.16. The largest absolute Gasteiger partial charge is 0.113 e. The van der Waals surface area contributed by atoms with Gasteiger partial charge in [0.05, 0.1) is 6.66 Å². The van der Waals surface area contributed by atoms with Gasteiger partial charge >= 0.3 is 0 Å². The zero-order valence-corrected chi connectivity index (χ0v) is 22.7. The summed E-state index contributed by atoms with van der Waals surface area (Å²) >= 11 is 0. The fraction of sp³-hybridized carbons (Fsp3) is 0.0286. The van der Waals surface area contributed by atoms with E-state index in [9.17, 15) is 0 Å². The Morgan fingerprint density at radius 3 is 1.35 bits per heavy atom. The second kappa shape index (κ2) is 10.4. The van der Waals surface area contributed by atoms with E-state index in [1.807, 2.05) is 0 Å². The van der Waals surface area contributed by atoms with Gasteiger partial charge in [0.25, 0.3) is 0 Å². The average molecular weight is 512 g/mol. The van der Waals surface area contributed by atoms with Crippen LogP contribution in [0, 0.1) is 0 Å². The molecule has 37 heavy (non-hydrogen) atoms. The molecular weight excluding hydrogens is 482 g/mol. The van der Waals surface area contributed by atoms with Gasteiger partial charge in [0.1, 0.15) is 23.2 Å². The number of hydrogen-bond donors (Lipinski definition) is 0. The molecule has 0 aliphatic rings. The molecule has 0 spiro atoms. The lowest BCUT2D eigenvalue weighted by Gasteiger charge is -2.27. The zero-order chi connectivity index (χ0) is 25.1. The summed E-state index contributed by atoms with van der Waals surface area (Å²) in [6.07, 6.45) is 0. The Balaban J connectivity index is 1.70. The maximum atomic E-state index is 2.50. The summed E-state index contributed by atoms with van der Waals surface area (Å²) in [5.74, 6) is 0. The predicted octanol–water partition coefficient (Wildman–Crippen LogP) is 6.52. The molecule has 0 bridgehead atoms. The van der Waals surface area contributed by atoms with Crippen LogP contribution in [0.25, 0.3) is 10.8 Å². The lowest BCUT2D eigenvalue weighted by molar-refractivity contribution is 1.73. The van der Waals surface area contributed by atoms with Crippen LogP contribution in [0.15, 0.2) is 158 Å². The van der Waals surface area contributed by atoms with Crippen molar-refractivity contribution in [2.45, 2.75) is 0 Å². The molecule has 0 unspecified atom stereocenters. The fourth-order valence-electron chi connectivity index (χ4n) is 5.32. The Morgan fingerprint density at radius 1 is 0.432 bits per heavy atom. The monoisotopic (exact) mass is 511 g/mol. The summed E-state index contributed by atoms with van der Waals surface area (Å²) in [7, 11) is -2.64. The van der Waals surface area contributed by atoms with E-state index in [0.29, 0.717) is 0 Å². The van der Waals surface area contributed by atoms with Crippen LogP contribution >= 0.6 is 15.2 Å². The first-order valence-corrected chi connectivity index (χ1v) is 16.2. The van der Waals surface area contributed by atoms with Crippen molar-refractivity contribution >= 4 is 57.8 Å². The number of hydrogen-bond acceptors (Lipinski definition) is 0. The first-order chi connectivity index (χ1) is 18.3. The molecule has 0 amide bonds. The molecule has 0 aliphatic heterocycles. The van der Waals surface area contributed by atoms with Gasteiger partial charge in [0, 0.05) is 5.39 Å². The van der Waals surface area contributed by atoms with Crippen molar-refractivity contribution in [1.82, 2.24) is 0 Å². The molecule has 0 N–H and O–H groups in total. The standard InChI is InChI=1S/C35H29P2/c1-37(31-22-10-4-11-23-31,32-24-12-5-13-25-32)34-27-15-17-28-16-14-26-33(35(28)34)36(29-18-6-2-7-19-29)30-20-8-3-9-21-30/h2-27H,1H3/q+1. The van der Waals surface area contributed by atoms with Crippen molar-refractivity contribution in [3.63, 3.8) is 0 Å². The maximum absolute atomic E-state index is 2.50. The smallest absolute Gasteiger partial charge is 0.0622 e. The topological polar surface area (TPSA) is 0 Å². The van der Waals surface area contributed by atoms with Crippen molar-refractivity contribution in [3.05, 3.63) is 158 Å². The first-order valence-electron chi connectivity index (χ1n) is 12.7. The molecule has 0 nitrogen and oxygen atoms in total. The molecule has 0 heterocycles. The molecule has 0 aromatic heterocycles. The molecule has 0 saturated carbocycles. The van der Waals surface area contributed by atoms with E-state index in [2.05, 4.69) is 164 Å². The second-order valence-electron chi connectivity index (χ2n) is 9.34. The van der Waals surface area contributed by atoms with Gasteiger partial charge < -0.3 is 0 Å². The van der Waals surface area contributed by atoms with Crippen molar-refractivity contribution in [2.24, 2.45) is 0 Å². The molecule has 0 fully saturated rings. The van der Waals surface area contributed by atoms with E-state index in [-0.39, 0.29) is 0 Å². The van der Waals surface area contributed by atoms with Gasteiger partial charge in [0.2, 0.25) is 0 Å². The molecule has 0 saturated heterocycles. The summed E-state index contributed by atoms with van der Waals surface area (Å²) < 4.78 is 0. The van der Waals surface area contributed by atoms with Gasteiger partial charge in [-0.2, -0.15) is 0 Å². The number of fused-ring (bicyclic) bond motifs is 1. The molecule has 0 atom stereocenters. The van der Waals surface area contributed by atoms with Gasteiger partial charge in [-0.15, -0.1) is 0 Å². The van der Waals surface area contributed by atoms with E-state index in [4.69, 9.17) is 0 Å². The lowest BCUT2D eigenvalue weighted by Crippen LogP contribution is -2.33. The second-order valence-corrected chi connectivity index (χ2v) is 15.0. The normalized spacial score (nSPS) is 11.6. The summed E-state index contributed by atoms with van der Waals surface area (Å²) in [4.78, 5) is 0. The maximum Gasteiger partial charge on any atom is 0.113 e. The predicted molar refractivity (Wildman–Crippen MR) is 167 cm³/mol. The van der Waals surface area contributed by atoms with Gasteiger partial charge in [-0.1, -0.05) is 127 Å². The molecule has 6 aromatic rings. The molecule has 2 heteroatoms. The van der Waals surface area contributed by atoms with Gasteiger partial charge in [-0.25, -0.2) is 0 Å². The molecule has 0 radical (unpaired) electrons. The van der Waals surface area contributed by atoms with Crippen molar-refractivity contribution in [3.8, 4) is 0 Å². The summed E-state index contributed by atoms with van der Waals surface area (Å²) in [5, 5.41) is 11.2. The van der Waals surface area contributed by atoms with Crippen LogP contribution in [0.3, 0.4) is 0 Å². The highest BCUT2D eigenvalue weighted by Crippen LogP contribution is 2.53. The third-order valence-corrected chi connectivity index (χ3v) is 13.6. The highest BCUT2D eigenvalue weighted by molar-refractivity contribution is 7.95. The minimum atomic E-state index is -1.91. The zero-order valence-electron chi connectivity index (χ0n) is 20.9. The van der Waals surface area contributed by atoms with Gasteiger partial charge in [-0.05, 0) is 59.6 Å². The Kier molecular flexibility index (Phi) is 6.72. The van der Waals surface area contributed by atoms with Crippen molar-refractivity contribution < 1.29 is 0 Å². The molecule has 178 valence electrons. The third kappa shape index (κ3) is 4.42. The van der Waals surface area contributed by atoms with Crippen LogP contribution in [0.5, 0.6) is 0 Å². The van der Waals surface area contributed by atoms with Crippen LogP contribution in [-0.4, -0.2) is 6.66 Å². The summed E-state index contributed by atoms with van der Waals surface area (Å²) in [6.45, 7) is 2.50. The van der Waals surface area contributed by atoms with Gasteiger partial charge in [-0.3, -0.25) is 0 Å². The average Bonchev–Trinajstić information content (AvgIpc) is 2.99. The molecular formula is C35H29P2+.